The van der Waals surface area contributed by atoms with E-state index < -0.39 is 11.6 Å². The zero-order valence-corrected chi connectivity index (χ0v) is 12.5. The predicted molar refractivity (Wildman–Crippen MR) is 71.1 cm³/mol. The third-order valence-corrected chi connectivity index (χ3v) is 5.00. The highest BCUT2D eigenvalue weighted by Gasteiger charge is 2.51. The molecule has 1 saturated carbocycles. The Balaban J connectivity index is 2.21. The molecule has 1 aromatic carbocycles. The van der Waals surface area contributed by atoms with E-state index >= 15 is 0 Å². The summed E-state index contributed by atoms with van der Waals surface area (Å²) in [5.41, 5.74) is -0.188. The molecule has 0 N–H and O–H groups in total. The van der Waals surface area contributed by atoms with Gasteiger partial charge in [0, 0.05) is 21.7 Å². The minimum absolute atomic E-state index is 0.0209. The lowest BCUT2D eigenvalue weighted by molar-refractivity contribution is -0.0318. The van der Waals surface area contributed by atoms with E-state index in [9.17, 15) is 8.78 Å². The fourth-order valence-corrected chi connectivity index (χ4v) is 3.04. The molecule has 18 heavy (non-hydrogen) atoms. The Labute approximate surface area is 119 Å². The number of alkyl halides is 1. The topological polar surface area (TPSA) is 9.23 Å². The molecule has 1 fully saturated rings. The summed E-state index contributed by atoms with van der Waals surface area (Å²) in [5, 5.41) is 0.0209. The molecule has 0 aromatic heterocycles. The monoisotopic (exact) mass is 338 g/mol. The molecule has 0 spiro atoms. The van der Waals surface area contributed by atoms with Crippen LogP contribution in [0.15, 0.2) is 16.6 Å². The van der Waals surface area contributed by atoms with Crippen LogP contribution in [0.4, 0.5) is 8.78 Å². The van der Waals surface area contributed by atoms with Crippen LogP contribution in [0.5, 0.6) is 5.75 Å². The lowest BCUT2D eigenvalue weighted by Crippen LogP contribution is -2.55. The van der Waals surface area contributed by atoms with E-state index in [-0.39, 0.29) is 22.6 Å². The predicted octanol–water partition coefficient (Wildman–Crippen LogP) is 4.90. The zero-order valence-electron chi connectivity index (χ0n) is 10.1. The first-order valence-corrected chi connectivity index (χ1v) is 7.06. The van der Waals surface area contributed by atoms with Crippen molar-refractivity contribution in [3.8, 4) is 5.75 Å². The smallest absolute Gasteiger partial charge is 0.200 e. The van der Waals surface area contributed by atoms with Gasteiger partial charge in [0.05, 0.1) is 0 Å². The second-order valence-corrected chi connectivity index (χ2v) is 6.31. The van der Waals surface area contributed by atoms with E-state index in [1.165, 1.54) is 6.07 Å². The minimum Gasteiger partial charge on any atom is -0.487 e. The van der Waals surface area contributed by atoms with Gasteiger partial charge in [-0.25, -0.2) is 4.39 Å². The summed E-state index contributed by atoms with van der Waals surface area (Å²) in [5.74, 6) is -1.93. The van der Waals surface area contributed by atoms with Crippen molar-refractivity contribution < 1.29 is 13.5 Å². The van der Waals surface area contributed by atoms with Gasteiger partial charge in [-0.3, -0.25) is 0 Å². The van der Waals surface area contributed by atoms with E-state index in [1.807, 2.05) is 13.8 Å². The molecule has 5 heteroatoms. The molecule has 1 aromatic rings. The van der Waals surface area contributed by atoms with Gasteiger partial charge in [-0.1, -0.05) is 29.8 Å². The van der Waals surface area contributed by atoms with Crippen molar-refractivity contribution in [2.75, 3.05) is 0 Å². The number of benzene rings is 1. The van der Waals surface area contributed by atoms with Gasteiger partial charge in [-0.05, 0) is 18.6 Å². The van der Waals surface area contributed by atoms with Crippen molar-refractivity contribution in [2.24, 2.45) is 5.41 Å². The summed E-state index contributed by atoms with van der Waals surface area (Å²) >= 11 is 9.28. The van der Waals surface area contributed by atoms with Gasteiger partial charge in [0.2, 0.25) is 5.82 Å². The summed E-state index contributed by atoms with van der Waals surface area (Å²) in [6, 6.07) is 2.52. The van der Waals surface area contributed by atoms with E-state index in [1.54, 1.807) is 0 Å². The highest BCUT2D eigenvalue weighted by Crippen LogP contribution is 2.49. The zero-order chi connectivity index (χ0) is 13.5. The van der Waals surface area contributed by atoms with Gasteiger partial charge in [0.15, 0.2) is 11.6 Å². The first kappa shape index (κ1) is 14.1. The van der Waals surface area contributed by atoms with Crippen molar-refractivity contribution in [1.29, 1.82) is 0 Å². The summed E-state index contributed by atoms with van der Waals surface area (Å²) in [6.07, 6.45) is 1.32. The van der Waals surface area contributed by atoms with Gasteiger partial charge < -0.3 is 4.74 Å². The maximum atomic E-state index is 13.6. The van der Waals surface area contributed by atoms with Crippen molar-refractivity contribution in [3.05, 3.63) is 28.2 Å². The molecule has 1 aliphatic carbocycles. The van der Waals surface area contributed by atoms with Crippen LogP contribution in [0.1, 0.15) is 26.7 Å². The quantitative estimate of drug-likeness (QED) is 0.562. The SMILES string of the molecule is CCC1(C)C(Cl)CC1Oc1cc(Br)cc(F)c1F. The molecule has 100 valence electrons. The third kappa shape index (κ3) is 2.25. The number of hydrogen-bond donors (Lipinski definition) is 0. The Kier molecular flexibility index (Phi) is 3.88. The number of halogens is 4. The second-order valence-electron chi connectivity index (χ2n) is 4.87. The van der Waals surface area contributed by atoms with E-state index in [0.29, 0.717) is 10.9 Å². The third-order valence-electron chi connectivity index (χ3n) is 3.86. The van der Waals surface area contributed by atoms with Gasteiger partial charge >= 0.3 is 0 Å². The van der Waals surface area contributed by atoms with Crippen molar-refractivity contribution in [1.82, 2.24) is 0 Å². The Morgan fingerprint density at radius 1 is 1.50 bits per heavy atom. The molecule has 1 nitrogen and oxygen atoms in total. The van der Waals surface area contributed by atoms with Crippen LogP contribution in [-0.2, 0) is 0 Å². The maximum absolute atomic E-state index is 13.6. The van der Waals surface area contributed by atoms with Gasteiger partial charge in [0.1, 0.15) is 6.10 Å². The number of hydrogen-bond acceptors (Lipinski definition) is 1. The highest BCUT2D eigenvalue weighted by atomic mass is 79.9. The summed E-state index contributed by atoms with van der Waals surface area (Å²) in [4.78, 5) is 0. The Morgan fingerprint density at radius 3 is 2.72 bits per heavy atom. The number of ether oxygens (including phenoxy) is 1. The Hall–Kier alpha value is -0.350. The van der Waals surface area contributed by atoms with Gasteiger partial charge in [-0.2, -0.15) is 4.39 Å². The van der Waals surface area contributed by atoms with Crippen LogP contribution in [-0.4, -0.2) is 11.5 Å². The normalized spacial score (nSPS) is 31.0. The molecular weight excluding hydrogens is 325 g/mol. The average Bonchev–Trinajstić information content (AvgIpc) is 2.33. The summed E-state index contributed by atoms with van der Waals surface area (Å²) < 4.78 is 32.9. The standard InChI is InChI=1S/C13H14BrClF2O/c1-3-13(2)10(15)6-11(13)18-9-5-7(14)4-8(16)12(9)17/h4-5,10-11H,3,6H2,1-2H3. The largest absolute Gasteiger partial charge is 0.487 e. The van der Waals surface area contributed by atoms with E-state index in [2.05, 4.69) is 15.9 Å². The van der Waals surface area contributed by atoms with E-state index in [0.717, 1.165) is 12.5 Å². The molecule has 0 aliphatic heterocycles. The molecule has 3 unspecified atom stereocenters. The first-order chi connectivity index (χ1) is 8.38. The highest BCUT2D eigenvalue weighted by molar-refractivity contribution is 9.10. The van der Waals surface area contributed by atoms with Crippen LogP contribution in [0.2, 0.25) is 0 Å². The van der Waals surface area contributed by atoms with Crippen LogP contribution in [0.3, 0.4) is 0 Å². The van der Waals surface area contributed by atoms with Gasteiger partial charge in [-0.15, -0.1) is 11.6 Å². The Bertz CT molecular complexity index is 469. The average molecular weight is 340 g/mol. The summed E-state index contributed by atoms with van der Waals surface area (Å²) in [7, 11) is 0. The van der Waals surface area contributed by atoms with Crippen molar-refractivity contribution >= 4 is 27.5 Å². The molecule has 0 radical (unpaired) electrons. The summed E-state index contributed by atoms with van der Waals surface area (Å²) in [6.45, 7) is 4.02. The van der Waals surface area contributed by atoms with Crippen LogP contribution >= 0.6 is 27.5 Å². The molecule has 0 saturated heterocycles. The molecular formula is C13H14BrClF2O. The van der Waals surface area contributed by atoms with Crippen LogP contribution in [0.25, 0.3) is 0 Å². The first-order valence-electron chi connectivity index (χ1n) is 5.83. The van der Waals surface area contributed by atoms with E-state index in [4.69, 9.17) is 16.3 Å². The molecule has 3 atom stereocenters. The minimum atomic E-state index is -0.949. The fourth-order valence-electron chi connectivity index (χ4n) is 2.17. The van der Waals surface area contributed by atoms with Crippen molar-refractivity contribution in [3.63, 3.8) is 0 Å². The van der Waals surface area contributed by atoms with Crippen LogP contribution < -0.4 is 4.74 Å². The second kappa shape index (κ2) is 4.97. The Morgan fingerprint density at radius 2 is 2.17 bits per heavy atom. The molecule has 1 aliphatic rings. The molecule has 2 rings (SSSR count). The number of rotatable bonds is 3. The lowest BCUT2D eigenvalue weighted by Gasteiger charge is -2.50. The molecule has 0 amide bonds. The lowest BCUT2D eigenvalue weighted by atomic mass is 9.65. The van der Waals surface area contributed by atoms with Gasteiger partial charge in [0.25, 0.3) is 0 Å². The molecule has 0 heterocycles. The molecule has 0 bridgehead atoms. The maximum Gasteiger partial charge on any atom is 0.200 e. The van der Waals surface area contributed by atoms with Crippen LogP contribution in [0, 0.1) is 17.0 Å². The van der Waals surface area contributed by atoms with Crippen molar-refractivity contribution in [2.45, 2.75) is 38.2 Å². The fraction of sp³-hybridized carbons (Fsp3) is 0.538.